The summed E-state index contributed by atoms with van der Waals surface area (Å²) in [5, 5.41) is 43.4. The van der Waals surface area contributed by atoms with Gasteiger partial charge in [-0.2, -0.15) is 0 Å². The van der Waals surface area contributed by atoms with Crippen molar-refractivity contribution in [2.45, 2.75) is 95.0 Å². The van der Waals surface area contributed by atoms with E-state index in [1.807, 2.05) is 0 Å². The highest BCUT2D eigenvalue weighted by molar-refractivity contribution is 5.97. The summed E-state index contributed by atoms with van der Waals surface area (Å²) in [6.07, 6.45) is 0.306. The Bertz CT molecular complexity index is 1690. The van der Waals surface area contributed by atoms with Crippen LogP contribution in [0.1, 0.15) is 58.8 Å². The highest BCUT2D eigenvalue weighted by Crippen LogP contribution is 2.25. The quantitative estimate of drug-likeness (QED) is 0.0429. The van der Waals surface area contributed by atoms with Crippen LogP contribution in [0, 0.1) is 5.92 Å². The maximum Gasteiger partial charge on any atom is 0.326 e. The number of nitrogens with zero attached hydrogens (tertiary/aromatic N) is 2. The Hall–Kier alpha value is -6.44. The highest BCUT2D eigenvalue weighted by atomic mass is 16.4. The first-order chi connectivity index (χ1) is 28.7. The van der Waals surface area contributed by atoms with Crippen LogP contribution < -0.4 is 48.7 Å². The molecular formula is C35H55N11O15. The van der Waals surface area contributed by atoms with Gasteiger partial charge >= 0.3 is 11.9 Å². The minimum Gasteiger partial charge on any atom is -0.481 e. The van der Waals surface area contributed by atoms with Crippen molar-refractivity contribution in [1.29, 1.82) is 0 Å². The lowest BCUT2D eigenvalue weighted by atomic mass is 10.0. The Morgan fingerprint density at radius 1 is 0.672 bits per heavy atom. The SMILES string of the molecule is CC(C)[C@H](NC(=O)[C@H](CO)NC(=O)CNC(=O)CNC(=O)[C@H](CC(=O)O)NC(=O)CNC(=O)[C@@H]1CCCN1C(=O)[C@@H]1CCCN1C(=O)CNC(=O)[C@@H](N)CCC(N)=O)C(=O)O. The molecule has 0 unspecified atom stereocenters. The van der Waals surface area contributed by atoms with Crippen molar-refractivity contribution < 1.29 is 72.9 Å². The van der Waals surface area contributed by atoms with Gasteiger partial charge in [-0.3, -0.25) is 52.7 Å². The average molecular weight is 870 g/mol. The van der Waals surface area contributed by atoms with Crippen molar-refractivity contribution >= 4 is 71.0 Å². The summed E-state index contributed by atoms with van der Waals surface area (Å²) >= 11 is 0. The molecule has 0 spiro atoms. The van der Waals surface area contributed by atoms with Crippen molar-refractivity contribution in [2.24, 2.45) is 17.4 Å². The van der Waals surface area contributed by atoms with Crippen LogP contribution in [0.3, 0.4) is 0 Å². The Balaban J connectivity index is 1.87. The van der Waals surface area contributed by atoms with Crippen LogP contribution in [0.15, 0.2) is 0 Å². The molecule has 0 aromatic rings. The Morgan fingerprint density at radius 3 is 1.80 bits per heavy atom. The number of carboxylic acids is 2. The number of nitrogens with one attached hydrogen (secondary N) is 7. The molecule has 2 rings (SSSR count). The molecule has 2 heterocycles. The summed E-state index contributed by atoms with van der Waals surface area (Å²) in [5.74, 6) is -11.6. The fourth-order valence-corrected chi connectivity index (χ4v) is 6.29. The van der Waals surface area contributed by atoms with Gasteiger partial charge in [-0.1, -0.05) is 13.8 Å². The summed E-state index contributed by atoms with van der Waals surface area (Å²) in [6.45, 7) is -0.234. The van der Waals surface area contributed by atoms with Gasteiger partial charge in [0.25, 0.3) is 0 Å². The predicted octanol–water partition coefficient (Wildman–Crippen LogP) is -7.31. The number of aliphatic hydroxyl groups is 1. The second kappa shape index (κ2) is 24.6. The summed E-state index contributed by atoms with van der Waals surface area (Å²) in [7, 11) is 0. The van der Waals surface area contributed by atoms with E-state index in [4.69, 9.17) is 11.5 Å². The lowest BCUT2D eigenvalue weighted by Crippen LogP contribution is -2.56. The summed E-state index contributed by atoms with van der Waals surface area (Å²) in [4.78, 5) is 151. The molecule has 26 nitrogen and oxygen atoms in total. The topological polar surface area (TPSA) is 408 Å². The molecule has 10 amide bonds. The smallest absolute Gasteiger partial charge is 0.326 e. The average Bonchev–Trinajstić information content (AvgIpc) is 3.90. The number of amides is 10. The molecule has 2 fully saturated rings. The number of rotatable bonds is 24. The third-order valence-electron chi connectivity index (χ3n) is 9.54. The van der Waals surface area contributed by atoms with E-state index in [9.17, 15) is 72.9 Å². The molecule has 0 bridgehead atoms. The number of carboxylic acid groups (broad SMARTS) is 2. The van der Waals surface area contributed by atoms with Gasteiger partial charge in [0.1, 0.15) is 30.2 Å². The Morgan fingerprint density at radius 2 is 1.23 bits per heavy atom. The van der Waals surface area contributed by atoms with Gasteiger partial charge in [0.05, 0.1) is 45.2 Å². The van der Waals surface area contributed by atoms with E-state index in [0.717, 1.165) is 0 Å². The number of aliphatic carboxylic acids is 2. The summed E-state index contributed by atoms with van der Waals surface area (Å²) in [6, 6.07) is -7.63. The third-order valence-corrected chi connectivity index (χ3v) is 9.54. The van der Waals surface area contributed by atoms with Crippen LogP contribution in [0.5, 0.6) is 0 Å². The van der Waals surface area contributed by atoms with Crippen molar-refractivity contribution in [2.75, 3.05) is 45.9 Å². The molecule has 6 atom stereocenters. The van der Waals surface area contributed by atoms with E-state index in [1.54, 1.807) is 0 Å². The largest absolute Gasteiger partial charge is 0.481 e. The van der Waals surface area contributed by atoms with Gasteiger partial charge in [-0.15, -0.1) is 0 Å². The van der Waals surface area contributed by atoms with Crippen LogP contribution in [0.4, 0.5) is 0 Å². The van der Waals surface area contributed by atoms with Crippen LogP contribution in [-0.2, 0) is 57.5 Å². The number of carbonyl (C=O) groups excluding carboxylic acids is 10. The fourth-order valence-electron chi connectivity index (χ4n) is 6.29. The molecule has 0 aromatic carbocycles. The number of hydrogen-bond acceptors (Lipinski definition) is 14. The van der Waals surface area contributed by atoms with Crippen LogP contribution in [0.2, 0.25) is 0 Å². The molecule has 2 aliphatic heterocycles. The normalized spacial score (nSPS) is 17.8. The first kappa shape index (κ1) is 50.7. The molecule has 14 N–H and O–H groups in total. The number of primary amides is 1. The molecule has 0 radical (unpaired) electrons. The summed E-state index contributed by atoms with van der Waals surface area (Å²) < 4.78 is 0. The molecular weight excluding hydrogens is 814 g/mol. The molecule has 26 heteroatoms. The molecule has 2 saturated heterocycles. The second-order valence-electron chi connectivity index (χ2n) is 14.6. The van der Waals surface area contributed by atoms with Crippen molar-refractivity contribution in [1.82, 2.24) is 47.0 Å². The van der Waals surface area contributed by atoms with Crippen molar-refractivity contribution in [3.05, 3.63) is 0 Å². The fraction of sp³-hybridized carbons (Fsp3) is 0.657. The maximum atomic E-state index is 13.6. The Kier molecular flexibility index (Phi) is 20.4. The molecule has 0 saturated carbocycles. The molecule has 2 aliphatic rings. The zero-order chi connectivity index (χ0) is 46.0. The molecule has 340 valence electrons. The third kappa shape index (κ3) is 16.6. The van der Waals surface area contributed by atoms with Crippen LogP contribution >= 0.6 is 0 Å². The zero-order valence-corrected chi connectivity index (χ0v) is 33.7. The maximum absolute atomic E-state index is 13.6. The first-order valence-electron chi connectivity index (χ1n) is 19.3. The van der Waals surface area contributed by atoms with Crippen molar-refractivity contribution in [3.8, 4) is 0 Å². The minimum absolute atomic E-state index is 0.0235. The van der Waals surface area contributed by atoms with Crippen LogP contribution in [-0.4, -0.2) is 178 Å². The number of carbonyl (C=O) groups is 12. The molecule has 0 aromatic heterocycles. The minimum atomic E-state index is -1.73. The molecule has 61 heavy (non-hydrogen) atoms. The van der Waals surface area contributed by atoms with E-state index in [-0.39, 0.29) is 38.8 Å². The lowest BCUT2D eigenvalue weighted by molar-refractivity contribution is -0.146. The zero-order valence-electron chi connectivity index (χ0n) is 33.7. The van der Waals surface area contributed by atoms with E-state index in [0.29, 0.717) is 12.8 Å². The first-order valence-corrected chi connectivity index (χ1v) is 19.3. The predicted molar refractivity (Wildman–Crippen MR) is 206 cm³/mol. The number of likely N-dealkylation sites (tertiary alicyclic amines) is 2. The number of aliphatic hydroxyl groups excluding tert-OH is 1. The number of hydrogen-bond donors (Lipinski definition) is 12. The van der Waals surface area contributed by atoms with E-state index in [1.165, 1.54) is 23.6 Å². The Labute approximate surface area is 349 Å². The summed E-state index contributed by atoms with van der Waals surface area (Å²) in [5.41, 5.74) is 10.8. The van der Waals surface area contributed by atoms with Gasteiger partial charge in [0.2, 0.25) is 59.1 Å². The van der Waals surface area contributed by atoms with E-state index >= 15 is 0 Å². The highest BCUT2D eigenvalue weighted by Gasteiger charge is 2.42. The van der Waals surface area contributed by atoms with E-state index < -0.39 is 152 Å². The van der Waals surface area contributed by atoms with Gasteiger partial charge < -0.3 is 73.8 Å². The standard InChI is InChI=1S/C35H55N11O15/c1-17(2)29(35(60)61)44-32(57)20(16-47)43-25(50)13-38-24(49)12-39-31(56)19(11-28(53)54)42-26(51)14-40-33(58)21-5-3-10-46(21)34(59)22-6-4-9-45(22)27(52)15-41-30(55)18(36)7-8-23(37)48/h17-22,29,47H,3-16,36H2,1-2H3,(H2,37,48)(H,38,49)(H,39,56)(H,40,58)(H,41,55)(H,42,51)(H,43,50)(H,44,57)(H,53,54)(H,60,61)/t18-,19-,20-,21-,22-,29-/m0/s1. The van der Waals surface area contributed by atoms with Gasteiger partial charge in [0, 0.05) is 19.5 Å². The monoisotopic (exact) mass is 869 g/mol. The van der Waals surface area contributed by atoms with E-state index in [2.05, 4.69) is 37.2 Å². The second-order valence-corrected chi connectivity index (χ2v) is 14.6. The lowest BCUT2D eigenvalue weighted by Gasteiger charge is -2.31. The molecule has 0 aliphatic carbocycles. The van der Waals surface area contributed by atoms with Gasteiger partial charge in [-0.25, -0.2) is 4.79 Å². The van der Waals surface area contributed by atoms with Crippen molar-refractivity contribution in [3.63, 3.8) is 0 Å². The van der Waals surface area contributed by atoms with Crippen LogP contribution in [0.25, 0.3) is 0 Å². The van der Waals surface area contributed by atoms with Gasteiger partial charge in [-0.05, 0) is 38.0 Å². The van der Waals surface area contributed by atoms with Gasteiger partial charge in [0.15, 0.2) is 0 Å². The number of nitrogens with two attached hydrogens (primary N) is 2.